The third-order valence-corrected chi connectivity index (χ3v) is 4.21. The Labute approximate surface area is 130 Å². The van der Waals surface area contributed by atoms with Gasteiger partial charge in [-0.05, 0) is 76.9 Å². The first kappa shape index (κ1) is 14.0. The SMILES string of the molecule is Cc1cc(Br)ccc1C(N)Cc1ccc(I)cc1. The van der Waals surface area contributed by atoms with E-state index in [1.165, 1.54) is 20.3 Å². The van der Waals surface area contributed by atoms with Crippen molar-refractivity contribution in [3.8, 4) is 0 Å². The molecule has 0 aliphatic heterocycles. The van der Waals surface area contributed by atoms with Crippen LogP contribution in [-0.2, 0) is 6.42 Å². The van der Waals surface area contributed by atoms with Gasteiger partial charge in [-0.1, -0.05) is 34.1 Å². The van der Waals surface area contributed by atoms with Crippen LogP contribution in [0.25, 0.3) is 0 Å². The average Bonchev–Trinajstić information content (AvgIpc) is 2.32. The second-order valence-corrected chi connectivity index (χ2v) is 6.60. The Morgan fingerprint density at radius 1 is 1.17 bits per heavy atom. The van der Waals surface area contributed by atoms with Crippen LogP contribution in [0.1, 0.15) is 22.7 Å². The molecule has 0 amide bonds. The van der Waals surface area contributed by atoms with E-state index in [2.05, 4.69) is 87.9 Å². The summed E-state index contributed by atoms with van der Waals surface area (Å²) >= 11 is 5.79. The zero-order valence-corrected chi connectivity index (χ0v) is 13.9. The van der Waals surface area contributed by atoms with Crippen LogP contribution in [-0.4, -0.2) is 0 Å². The summed E-state index contributed by atoms with van der Waals surface area (Å²) in [7, 11) is 0. The van der Waals surface area contributed by atoms with Gasteiger partial charge in [-0.3, -0.25) is 0 Å². The van der Waals surface area contributed by atoms with Crippen LogP contribution in [0.3, 0.4) is 0 Å². The molecule has 0 saturated carbocycles. The van der Waals surface area contributed by atoms with Crippen molar-refractivity contribution >= 4 is 38.5 Å². The van der Waals surface area contributed by atoms with E-state index < -0.39 is 0 Å². The molecule has 0 spiro atoms. The molecule has 94 valence electrons. The lowest BCUT2D eigenvalue weighted by Crippen LogP contribution is -2.14. The number of nitrogens with two attached hydrogens (primary N) is 1. The molecule has 1 nitrogen and oxygen atoms in total. The van der Waals surface area contributed by atoms with Gasteiger partial charge in [0.25, 0.3) is 0 Å². The fourth-order valence-electron chi connectivity index (χ4n) is 2.04. The highest BCUT2D eigenvalue weighted by Crippen LogP contribution is 2.23. The Hall–Kier alpha value is -0.390. The van der Waals surface area contributed by atoms with Crippen molar-refractivity contribution in [2.45, 2.75) is 19.4 Å². The van der Waals surface area contributed by atoms with Gasteiger partial charge < -0.3 is 5.73 Å². The number of hydrogen-bond acceptors (Lipinski definition) is 1. The van der Waals surface area contributed by atoms with Gasteiger partial charge in [0.2, 0.25) is 0 Å². The zero-order chi connectivity index (χ0) is 13.1. The summed E-state index contributed by atoms with van der Waals surface area (Å²) in [5, 5.41) is 0. The van der Waals surface area contributed by atoms with Crippen molar-refractivity contribution in [1.82, 2.24) is 0 Å². The smallest absolute Gasteiger partial charge is 0.0338 e. The summed E-state index contributed by atoms with van der Waals surface area (Å²) in [6.45, 7) is 2.11. The van der Waals surface area contributed by atoms with Gasteiger partial charge in [-0.2, -0.15) is 0 Å². The van der Waals surface area contributed by atoms with E-state index in [1.54, 1.807) is 0 Å². The summed E-state index contributed by atoms with van der Waals surface area (Å²) in [6.07, 6.45) is 0.874. The van der Waals surface area contributed by atoms with Gasteiger partial charge in [-0.25, -0.2) is 0 Å². The molecular weight excluding hydrogens is 401 g/mol. The molecule has 2 rings (SSSR count). The van der Waals surface area contributed by atoms with E-state index in [4.69, 9.17) is 5.73 Å². The molecule has 0 aliphatic rings. The van der Waals surface area contributed by atoms with Gasteiger partial charge in [0.05, 0.1) is 0 Å². The fraction of sp³-hybridized carbons (Fsp3) is 0.200. The Morgan fingerprint density at radius 2 is 1.83 bits per heavy atom. The van der Waals surface area contributed by atoms with Crippen LogP contribution in [0.4, 0.5) is 0 Å². The van der Waals surface area contributed by atoms with E-state index in [0.29, 0.717) is 0 Å². The van der Waals surface area contributed by atoms with E-state index in [-0.39, 0.29) is 6.04 Å². The molecule has 2 aromatic carbocycles. The molecule has 2 N–H and O–H groups in total. The third kappa shape index (κ3) is 3.56. The largest absolute Gasteiger partial charge is 0.324 e. The number of rotatable bonds is 3. The number of hydrogen-bond donors (Lipinski definition) is 1. The summed E-state index contributed by atoms with van der Waals surface area (Å²) in [4.78, 5) is 0. The Bertz CT molecular complexity index is 537. The second-order valence-electron chi connectivity index (χ2n) is 4.44. The lowest BCUT2D eigenvalue weighted by atomic mass is 9.96. The molecule has 0 heterocycles. The highest BCUT2D eigenvalue weighted by atomic mass is 127. The van der Waals surface area contributed by atoms with Crippen molar-refractivity contribution in [2.24, 2.45) is 5.73 Å². The maximum atomic E-state index is 6.30. The lowest BCUT2D eigenvalue weighted by Gasteiger charge is -2.15. The molecular formula is C15H15BrIN. The molecule has 2 aromatic rings. The number of aryl methyl sites for hydroxylation is 1. The summed E-state index contributed by atoms with van der Waals surface area (Å²) in [5.74, 6) is 0. The molecule has 0 aromatic heterocycles. The standard InChI is InChI=1S/C15H15BrIN/c1-10-8-12(16)4-7-14(10)15(18)9-11-2-5-13(17)6-3-11/h2-8,15H,9,18H2,1H3. The maximum absolute atomic E-state index is 6.30. The summed E-state index contributed by atoms with van der Waals surface area (Å²) < 4.78 is 2.36. The third-order valence-electron chi connectivity index (χ3n) is 3.00. The van der Waals surface area contributed by atoms with Crippen LogP contribution >= 0.6 is 38.5 Å². The van der Waals surface area contributed by atoms with Crippen LogP contribution in [0.15, 0.2) is 46.9 Å². The van der Waals surface area contributed by atoms with Gasteiger partial charge in [0.15, 0.2) is 0 Å². The monoisotopic (exact) mass is 415 g/mol. The van der Waals surface area contributed by atoms with E-state index in [1.807, 2.05) is 0 Å². The van der Waals surface area contributed by atoms with Crippen molar-refractivity contribution in [3.63, 3.8) is 0 Å². The number of halogens is 2. The predicted octanol–water partition coefficient (Wildman–Crippen LogP) is 4.60. The zero-order valence-electron chi connectivity index (χ0n) is 10.2. The Kier molecular flexibility index (Phi) is 4.81. The minimum atomic E-state index is 0.0539. The van der Waals surface area contributed by atoms with E-state index >= 15 is 0 Å². The van der Waals surface area contributed by atoms with Gasteiger partial charge in [0, 0.05) is 14.1 Å². The van der Waals surface area contributed by atoms with Crippen molar-refractivity contribution < 1.29 is 0 Å². The summed E-state index contributed by atoms with van der Waals surface area (Å²) in [6, 6.07) is 14.9. The minimum Gasteiger partial charge on any atom is -0.324 e. The molecule has 1 atom stereocenters. The number of benzene rings is 2. The Morgan fingerprint density at radius 3 is 2.44 bits per heavy atom. The van der Waals surface area contributed by atoms with Crippen molar-refractivity contribution in [3.05, 3.63) is 67.2 Å². The van der Waals surface area contributed by atoms with Crippen LogP contribution < -0.4 is 5.73 Å². The molecule has 3 heteroatoms. The van der Waals surface area contributed by atoms with Crippen LogP contribution in [0.2, 0.25) is 0 Å². The topological polar surface area (TPSA) is 26.0 Å². The molecule has 0 radical (unpaired) electrons. The second kappa shape index (κ2) is 6.17. The van der Waals surface area contributed by atoms with Crippen molar-refractivity contribution in [2.75, 3.05) is 0 Å². The van der Waals surface area contributed by atoms with Crippen LogP contribution in [0.5, 0.6) is 0 Å². The maximum Gasteiger partial charge on any atom is 0.0338 e. The highest BCUT2D eigenvalue weighted by Gasteiger charge is 2.10. The predicted molar refractivity (Wildman–Crippen MR) is 88.7 cm³/mol. The van der Waals surface area contributed by atoms with Gasteiger partial charge in [-0.15, -0.1) is 0 Å². The molecule has 0 saturated heterocycles. The first-order valence-corrected chi connectivity index (χ1v) is 7.69. The summed E-state index contributed by atoms with van der Waals surface area (Å²) in [5.41, 5.74) is 10.0. The highest BCUT2D eigenvalue weighted by molar-refractivity contribution is 14.1. The normalized spacial score (nSPS) is 12.4. The van der Waals surface area contributed by atoms with E-state index in [9.17, 15) is 0 Å². The molecule has 0 bridgehead atoms. The molecule has 18 heavy (non-hydrogen) atoms. The quantitative estimate of drug-likeness (QED) is 0.728. The molecule has 0 fully saturated rings. The first-order valence-electron chi connectivity index (χ1n) is 5.82. The van der Waals surface area contributed by atoms with Gasteiger partial charge in [0.1, 0.15) is 0 Å². The van der Waals surface area contributed by atoms with E-state index in [0.717, 1.165) is 10.9 Å². The Balaban J connectivity index is 2.16. The average molecular weight is 416 g/mol. The van der Waals surface area contributed by atoms with Gasteiger partial charge >= 0.3 is 0 Å². The van der Waals surface area contributed by atoms with Crippen molar-refractivity contribution in [1.29, 1.82) is 0 Å². The lowest BCUT2D eigenvalue weighted by molar-refractivity contribution is 0.716. The first-order chi connectivity index (χ1) is 8.56. The molecule has 0 aliphatic carbocycles. The van der Waals surface area contributed by atoms with Crippen LogP contribution in [0, 0.1) is 10.5 Å². The fourth-order valence-corrected chi connectivity index (χ4v) is 2.87. The minimum absolute atomic E-state index is 0.0539. The molecule has 1 unspecified atom stereocenters.